The zero-order valence-electron chi connectivity index (χ0n) is 20.7. The van der Waals surface area contributed by atoms with Crippen molar-refractivity contribution in [3.8, 4) is 11.3 Å². The van der Waals surface area contributed by atoms with Gasteiger partial charge in [0.2, 0.25) is 0 Å². The molecule has 0 saturated heterocycles. The van der Waals surface area contributed by atoms with Crippen molar-refractivity contribution in [2.75, 3.05) is 6.54 Å². The molecule has 1 atom stereocenters. The highest BCUT2D eigenvalue weighted by molar-refractivity contribution is 9.10. The lowest BCUT2D eigenvalue weighted by molar-refractivity contribution is 0.0734. The first-order chi connectivity index (χ1) is 17.7. The van der Waals surface area contributed by atoms with Crippen LogP contribution < -0.4 is 0 Å². The van der Waals surface area contributed by atoms with Crippen molar-refractivity contribution in [1.82, 2.24) is 24.2 Å². The van der Waals surface area contributed by atoms with Crippen molar-refractivity contribution >= 4 is 21.8 Å². The first-order valence-electron chi connectivity index (χ1n) is 12.9. The van der Waals surface area contributed by atoms with Crippen LogP contribution in [-0.2, 0) is 13.1 Å². The SMILES string of the molecule is CCCCCCn1nc(-c2ccccc2)c2c1C(=O)N(CCCn1ccnc1)C2c1ccc(Br)cc1. The molecule has 1 amide bonds. The number of rotatable bonds is 11. The Kier molecular flexibility index (Phi) is 7.66. The van der Waals surface area contributed by atoms with Crippen LogP contribution in [0.2, 0.25) is 0 Å². The largest absolute Gasteiger partial charge is 0.337 e. The van der Waals surface area contributed by atoms with Gasteiger partial charge in [0.25, 0.3) is 5.91 Å². The Labute approximate surface area is 221 Å². The van der Waals surface area contributed by atoms with Crippen LogP contribution in [0.1, 0.15) is 66.7 Å². The number of benzene rings is 2. The maximum absolute atomic E-state index is 14.0. The second kappa shape index (κ2) is 11.2. The molecule has 0 saturated carbocycles. The molecule has 0 aliphatic carbocycles. The molecule has 0 N–H and O–H groups in total. The predicted octanol–water partition coefficient (Wildman–Crippen LogP) is 6.72. The molecule has 4 aromatic rings. The Hall–Kier alpha value is -3.19. The van der Waals surface area contributed by atoms with Crippen LogP contribution >= 0.6 is 15.9 Å². The lowest BCUT2D eigenvalue weighted by Crippen LogP contribution is -2.32. The quantitative estimate of drug-likeness (QED) is 0.196. The van der Waals surface area contributed by atoms with E-state index in [9.17, 15) is 4.79 Å². The van der Waals surface area contributed by atoms with Gasteiger partial charge >= 0.3 is 0 Å². The smallest absolute Gasteiger partial charge is 0.273 e. The summed E-state index contributed by atoms with van der Waals surface area (Å²) >= 11 is 3.57. The van der Waals surface area contributed by atoms with Crippen LogP contribution in [0.15, 0.2) is 77.8 Å². The van der Waals surface area contributed by atoms with E-state index in [4.69, 9.17) is 5.10 Å². The van der Waals surface area contributed by atoms with Gasteiger partial charge in [-0.2, -0.15) is 5.10 Å². The van der Waals surface area contributed by atoms with Gasteiger partial charge < -0.3 is 9.47 Å². The topological polar surface area (TPSA) is 56.0 Å². The number of unbranched alkanes of at least 4 members (excludes halogenated alkanes) is 3. The molecular weight excluding hydrogens is 514 g/mol. The van der Waals surface area contributed by atoms with Crippen molar-refractivity contribution in [3.05, 3.63) is 94.6 Å². The Morgan fingerprint density at radius 1 is 0.917 bits per heavy atom. The van der Waals surface area contributed by atoms with Crippen LogP contribution in [0, 0.1) is 0 Å². The third-order valence-corrected chi connectivity index (χ3v) is 7.40. The van der Waals surface area contributed by atoms with Crippen molar-refractivity contribution in [2.24, 2.45) is 0 Å². The Morgan fingerprint density at radius 3 is 2.44 bits per heavy atom. The van der Waals surface area contributed by atoms with Crippen molar-refractivity contribution < 1.29 is 4.79 Å². The number of hydrogen-bond donors (Lipinski definition) is 0. The second-order valence-corrected chi connectivity index (χ2v) is 10.3. The average molecular weight is 547 g/mol. The first kappa shape index (κ1) is 24.5. The van der Waals surface area contributed by atoms with Crippen LogP contribution in [0.4, 0.5) is 0 Å². The van der Waals surface area contributed by atoms with Gasteiger partial charge in [-0.3, -0.25) is 9.48 Å². The number of nitrogens with zero attached hydrogens (tertiary/aromatic N) is 5. The summed E-state index contributed by atoms with van der Waals surface area (Å²) in [6.07, 6.45) is 11.0. The van der Waals surface area contributed by atoms with Gasteiger partial charge in [0.05, 0.1) is 18.1 Å². The fourth-order valence-corrected chi connectivity index (χ4v) is 5.36. The van der Waals surface area contributed by atoms with E-state index < -0.39 is 0 Å². The molecule has 1 aliphatic rings. The van der Waals surface area contributed by atoms with Crippen LogP contribution in [0.5, 0.6) is 0 Å². The van der Waals surface area contributed by atoms with Crippen molar-refractivity contribution in [2.45, 2.75) is 58.2 Å². The molecule has 0 bridgehead atoms. The highest BCUT2D eigenvalue weighted by Crippen LogP contribution is 2.44. The normalized spacial score (nSPS) is 15.0. The minimum absolute atomic E-state index is 0.0775. The molecular formula is C29H32BrN5O. The van der Waals surface area contributed by atoms with E-state index in [1.165, 1.54) is 12.8 Å². The molecule has 36 heavy (non-hydrogen) atoms. The Balaban J connectivity index is 1.55. The summed E-state index contributed by atoms with van der Waals surface area (Å²) in [7, 11) is 0. The van der Waals surface area contributed by atoms with Gasteiger partial charge in [-0.25, -0.2) is 4.98 Å². The van der Waals surface area contributed by atoms with E-state index in [0.717, 1.165) is 64.9 Å². The highest BCUT2D eigenvalue weighted by Gasteiger charge is 2.43. The number of aromatic nitrogens is 4. The molecule has 186 valence electrons. The van der Waals surface area contributed by atoms with Gasteiger partial charge in [0, 0.05) is 47.6 Å². The van der Waals surface area contributed by atoms with Gasteiger partial charge in [0.15, 0.2) is 0 Å². The molecule has 1 unspecified atom stereocenters. The predicted molar refractivity (Wildman–Crippen MR) is 146 cm³/mol. The third kappa shape index (κ3) is 5.03. The zero-order valence-corrected chi connectivity index (χ0v) is 22.3. The maximum atomic E-state index is 14.0. The summed E-state index contributed by atoms with van der Waals surface area (Å²) in [6, 6.07) is 18.5. The van der Waals surface area contributed by atoms with E-state index in [2.05, 4.69) is 68.8 Å². The maximum Gasteiger partial charge on any atom is 0.273 e. The number of amides is 1. The van der Waals surface area contributed by atoms with Crippen LogP contribution in [0.25, 0.3) is 11.3 Å². The standard InChI is InChI=1S/C29H32BrN5O/c1-2-3-4-8-19-35-28-25(26(32-35)22-10-6-5-7-11-22)27(23-12-14-24(30)15-13-23)34(29(28)36)18-9-17-33-20-16-31-21-33/h5-7,10-16,20-21,27H,2-4,8-9,17-19H2,1H3. The van der Waals surface area contributed by atoms with Gasteiger partial charge in [-0.1, -0.05) is 84.6 Å². The minimum Gasteiger partial charge on any atom is -0.337 e. The molecule has 7 heteroatoms. The van der Waals surface area contributed by atoms with E-state index in [1.807, 2.05) is 40.3 Å². The summed E-state index contributed by atoms with van der Waals surface area (Å²) in [6.45, 7) is 4.46. The summed E-state index contributed by atoms with van der Waals surface area (Å²) in [5, 5.41) is 5.05. The van der Waals surface area contributed by atoms with Crippen molar-refractivity contribution in [3.63, 3.8) is 0 Å². The number of aryl methyl sites for hydroxylation is 2. The zero-order chi connectivity index (χ0) is 24.9. The van der Waals surface area contributed by atoms with Gasteiger partial charge in [-0.15, -0.1) is 0 Å². The monoisotopic (exact) mass is 545 g/mol. The summed E-state index contributed by atoms with van der Waals surface area (Å²) < 4.78 is 5.07. The van der Waals surface area contributed by atoms with E-state index in [0.29, 0.717) is 6.54 Å². The van der Waals surface area contributed by atoms with Gasteiger partial charge in [-0.05, 0) is 30.5 Å². The molecule has 5 rings (SSSR count). The minimum atomic E-state index is -0.164. The Bertz CT molecular complexity index is 1280. The number of carbonyl (C=O) groups excluding carboxylic acids is 1. The van der Waals surface area contributed by atoms with E-state index in [1.54, 1.807) is 6.20 Å². The molecule has 0 fully saturated rings. The number of fused-ring (bicyclic) bond motifs is 1. The fourth-order valence-electron chi connectivity index (χ4n) is 5.09. The molecule has 0 spiro atoms. The molecule has 0 radical (unpaired) electrons. The molecule has 2 aromatic heterocycles. The van der Waals surface area contributed by atoms with Crippen LogP contribution in [-0.4, -0.2) is 36.7 Å². The molecule has 6 nitrogen and oxygen atoms in total. The second-order valence-electron chi connectivity index (χ2n) is 9.37. The lowest BCUT2D eigenvalue weighted by atomic mass is 9.96. The number of hydrogen-bond acceptors (Lipinski definition) is 3. The lowest BCUT2D eigenvalue weighted by Gasteiger charge is -2.27. The van der Waals surface area contributed by atoms with Crippen LogP contribution in [0.3, 0.4) is 0 Å². The van der Waals surface area contributed by atoms with E-state index in [-0.39, 0.29) is 11.9 Å². The number of halogens is 1. The van der Waals surface area contributed by atoms with Gasteiger partial charge in [0.1, 0.15) is 5.69 Å². The summed E-state index contributed by atoms with van der Waals surface area (Å²) in [5.74, 6) is 0.0775. The molecule has 2 aromatic carbocycles. The third-order valence-electron chi connectivity index (χ3n) is 6.87. The first-order valence-corrected chi connectivity index (χ1v) is 13.6. The average Bonchev–Trinajstić information content (AvgIpc) is 3.61. The Morgan fingerprint density at radius 2 is 1.72 bits per heavy atom. The molecule has 1 aliphatic heterocycles. The van der Waals surface area contributed by atoms with Crippen molar-refractivity contribution in [1.29, 1.82) is 0 Å². The number of carbonyl (C=O) groups is 1. The number of imidazole rings is 1. The summed E-state index contributed by atoms with van der Waals surface area (Å²) in [5.41, 5.74) is 4.86. The summed E-state index contributed by atoms with van der Waals surface area (Å²) in [4.78, 5) is 20.2. The molecule has 3 heterocycles. The highest BCUT2D eigenvalue weighted by atomic mass is 79.9. The van der Waals surface area contributed by atoms with E-state index >= 15 is 0 Å². The fraction of sp³-hybridized carbons (Fsp3) is 0.345.